The molecule has 0 aromatic carbocycles. The first kappa shape index (κ1) is 18.9. The predicted octanol–water partition coefficient (Wildman–Crippen LogP) is 4.54. The smallest absolute Gasteiger partial charge is 0.236 e. The first-order valence-electron chi connectivity index (χ1n) is 7.13. The van der Waals surface area contributed by atoms with Gasteiger partial charge < -0.3 is 9.41 Å². The number of aromatic amines is 1. The molecule has 22 heavy (non-hydrogen) atoms. The SMILES string of the molecule is Cc1c(C(C)(C)O[Si]C(C)(C)C)ccnc1Cl.c1c[nH]cn1. The number of halogens is 1. The van der Waals surface area contributed by atoms with Gasteiger partial charge in [0, 0.05) is 18.6 Å². The van der Waals surface area contributed by atoms with E-state index in [2.05, 4.69) is 49.6 Å². The molecule has 0 aliphatic heterocycles. The van der Waals surface area contributed by atoms with Gasteiger partial charge in [-0.15, -0.1) is 0 Å². The molecule has 2 heterocycles. The molecule has 0 amide bonds. The minimum absolute atomic E-state index is 0.183. The van der Waals surface area contributed by atoms with Gasteiger partial charge in [-0.2, -0.15) is 0 Å². The lowest BCUT2D eigenvalue weighted by Crippen LogP contribution is -2.28. The van der Waals surface area contributed by atoms with Crippen LogP contribution in [0.5, 0.6) is 0 Å². The van der Waals surface area contributed by atoms with Crippen molar-refractivity contribution in [1.82, 2.24) is 15.0 Å². The first-order valence-corrected chi connectivity index (χ1v) is 8.41. The highest BCUT2D eigenvalue weighted by atomic mass is 35.5. The summed E-state index contributed by atoms with van der Waals surface area (Å²) in [5.41, 5.74) is 1.77. The molecule has 4 nitrogen and oxygen atoms in total. The molecule has 2 radical (unpaired) electrons. The number of nitrogens with zero attached hydrogens (tertiary/aromatic N) is 2. The maximum absolute atomic E-state index is 6.06. The van der Waals surface area contributed by atoms with Crippen LogP contribution in [0.4, 0.5) is 0 Å². The standard InChI is InChI=1S/C13H20ClNOSi.C3H4N2/c1-9-10(7-8-15-11(9)14)13(5,6)16-17-12(2,3)4;1-2-5-3-4-1/h7-8H,1-6H3;1-3H,(H,4,5). The van der Waals surface area contributed by atoms with Crippen molar-refractivity contribution in [1.29, 1.82) is 0 Å². The van der Waals surface area contributed by atoms with Gasteiger partial charge in [-0.1, -0.05) is 32.4 Å². The highest BCUT2D eigenvalue weighted by Gasteiger charge is 2.27. The quantitative estimate of drug-likeness (QED) is 0.660. The number of nitrogens with one attached hydrogen (secondary N) is 1. The van der Waals surface area contributed by atoms with Crippen LogP contribution in [0.25, 0.3) is 0 Å². The van der Waals surface area contributed by atoms with Gasteiger partial charge in [0.05, 0.1) is 11.9 Å². The summed E-state index contributed by atoms with van der Waals surface area (Å²) in [7, 11) is 0.448. The minimum Gasteiger partial charge on any atom is -0.408 e. The fourth-order valence-electron chi connectivity index (χ4n) is 1.71. The van der Waals surface area contributed by atoms with E-state index in [0.29, 0.717) is 14.9 Å². The molecule has 2 aromatic rings. The molecule has 0 aliphatic carbocycles. The Morgan fingerprint density at radius 2 is 1.86 bits per heavy atom. The van der Waals surface area contributed by atoms with Crippen molar-refractivity contribution in [3.8, 4) is 0 Å². The Morgan fingerprint density at radius 1 is 1.18 bits per heavy atom. The number of rotatable bonds is 3. The van der Waals surface area contributed by atoms with Crippen molar-refractivity contribution in [2.24, 2.45) is 0 Å². The van der Waals surface area contributed by atoms with Crippen LogP contribution in [0.2, 0.25) is 10.2 Å². The molecule has 0 unspecified atom stereocenters. The molecule has 0 fully saturated rings. The number of imidazole rings is 1. The second kappa shape index (κ2) is 7.90. The normalized spacial score (nSPS) is 11.8. The summed E-state index contributed by atoms with van der Waals surface area (Å²) >= 11 is 6.05. The average molecular weight is 338 g/mol. The molecular weight excluding hydrogens is 314 g/mol. The lowest BCUT2D eigenvalue weighted by Gasteiger charge is -2.30. The number of H-pyrrole nitrogens is 1. The second-order valence-corrected chi connectivity index (χ2v) is 8.77. The molecule has 0 aliphatic rings. The monoisotopic (exact) mass is 337 g/mol. The van der Waals surface area contributed by atoms with E-state index in [0.717, 1.165) is 11.1 Å². The van der Waals surface area contributed by atoms with Gasteiger partial charge in [-0.25, -0.2) is 9.97 Å². The van der Waals surface area contributed by atoms with Crippen LogP contribution in [0.15, 0.2) is 31.0 Å². The molecule has 1 N–H and O–H groups in total. The van der Waals surface area contributed by atoms with E-state index in [9.17, 15) is 0 Å². The summed E-state index contributed by atoms with van der Waals surface area (Å²) in [6, 6.07) is 1.98. The largest absolute Gasteiger partial charge is 0.408 e. The fourth-order valence-corrected chi connectivity index (χ4v) is 2.54. The third-order valence-electron chi connectivity index (χ3n) is 2.81. The molecule has 0 saturated heterocycles. The summed E-state index contributed by atoms with van der Waals surface area (Å²) in [6.45, 7) is 12.7. The third-order valence-corrected chi connectivity index (χ3v) is 4.42. The van der Waals surface area contributed by atoms with Crippen molar-refractivity contribution < 1.29 is 4.43 Å². The number of aromatic nitrogens is 3. The Morgan fingerprint density at radius 3 is 2.32 bits per heavy atom. The highest BCUT2D eigenvalue weighted by molar-refractivity contribution is 6.32. The Kier molecular flexibility index (Phi) is 6.78. The Labute approximate surface area is 140 Å². The Hall–Kier alpha value is -1.17. The number of pyridine rings is 1. The molecule has 2 rings (SSSR count). The Bertz CT molecular complexity index is 548. The van der Waals surface area contributed by atoms with E-state index in [-0.39, 0.29) is 10.6 Å². The van der Waals surface area contributed by atoms with Crippen molar-refractivity contribution in [3.05, 3.63) is 47.3 Å². The molecule has 0 saturated carbocycles. The van der Waals surface area contributed by atoms with Crippen LogP contribution in [0, 0.1) is 6.92 Å². The first-order chi connectivity index (χ1) is 10.1. The zero-order valence-corrected chi connectivity index (χ0v) is 15.8. The summed E-state index contributed by atoms with van der Waals surface area (Å²) in [4.78, 5) is 10.5. The summed E-state index contributed by atoms with van der Waals surface area (Å²) in [6.07, 6.45) is 6.82. The van der Waals surface area contributed by atoms with Crippen molar-refractivity contribution in [3.63, 3.8) is 0 Å². The molecule has 120 valence electrons. The van der Waals surface area contributed by atoms with Gasteiger partial charge in [0.2, 0.25) is 9.76 Å². The van der Waals surface area contributed by atoms with Gasteiger partial charge >= 0.3 is 0 Å². The van der Waals surface area contributed by atoms with E-state index in [4.69, 9.17) is 16.0 Å². The van der Waals surface area contributed by atoms with Crippen LogP contribution in [0.3, 0.4) is 0 Å². The van der Waals surface area contributed by atoms with Gasteiger partial charge in [0.15, 0.2) is 0 Å². The topological polar surface area (TPSA) is 50.8 Å². The minimum atomic E-state index is -0.331. The molecular formula is C16H24ClN3OSi. The molecule has 0 bridgehead atoms. The van der Waals surface area contributed by atoms with Crippen LogP contribution >= 0.6 is 11.6 Å². The Balaban J connectivity index is 0.000000406. The fraction of sp³-hybridized carbons (Fsp3) is 0.500. The average Bonchev–Trinajstić information content (AvgIpc) is 2.98. The van der Waals surface area contributed by atoms with Crippen LogP contribution in [-0.2, 0) is 10.0 Å². The van der Waals surface area contributed by atoms with E-state index in [1.165, 1.54) is 0 Å². The van der Waals surface area contributed by atoms with Gasteiger partial charge in [0.25, 0.3) is 0 Å². The summed E-state index contributed by atoms with van der Waals surface area (Å²) < 4.78 is 6.06. The lowest BCUT2D eigenvalue weighted by molar-refractivity contribution is 0.108. The van der Waals surface area contributed by atoms with Crippen molar-refractivity contribution in [2.75, 3.05) is 0 Å². The third kappa shape index (κ3) is 6.30. The summed E-state index contributed by atoms with van der Waals surface area (Å²) in [5, 5.41) is 0.736. The van der Waals surface area contributed by atoms with E-state index >= 15 is 0 Å². The van der Waals surface area contributed by atoms with Gasteiger partial charge in [-0.05, 0) is 43.0 Å². The van der Waals surface area contributed by atoms with Crippen LogP contribution in [-0.4, -0.2) is 24.7 Å². The zero-order chi connectivity index (χ0) is 16.8. The molecule has 6 heteroatoms. The molecule has 0 spiro atoms. The lowest BCUT2D eigenvalue weighted by atomic mass is 9.96. The van der Waals surface area contributed by atoms with Crippen molar-refractivity contribution >= 4 is 21.4 Å². The number of hydrogen-bond acceptors (Lipinski definition) is 3. The van der Waals surface area contributed by atoms with Gasteiger partial charge in [0.1, 0.15) is 5.15 Å². The second-order valence-electron chi connectivity index (χ2n) is 6.50. The highest BCUT2D eigenvalue weighted by Crippen LogP contribution is 2.32. The summed E-state index contributed by atoms with van der Waals surface area (Å²) in [5.74, 6) is 0. The number of hydrogen-bond donors (Lipinski definition) is 1. The predicted molar refractivity (Wildman–Crippen MR) is 92.2 cm³/mol. The van der Waals surface area contributed by atoms with E-state index < -0.39 is 0 Å². The maximum atomic E-state index is 6.06. The van der Waals surface area contributed by atoms with Gasteiger partial charge in [-0.3, -0.25) is 0 Å². The van der Waals surface area contributed by atoms with E-state index in [1.807, 2.05) is 13.0 Å². The van der Waals surface area contributed by atoms with E-state index in [1.54, 1.807) is 24.9 Å². The molecule has 0 atom stereocenters. The van der Waals surface area contributed by atoms with Crippen LogP contribution in [0.1, 0.15) is 45.7 Å². The van der Waals surface area contributed by atoms with Crippen LogP contribution < -0.4 is 0 Å². The maximum Gasteiger partial charge on any atom is 0.236 e. The zero-order valence-electron chi connectivity index (χ0n) is 14.1. The molecule has 2 aromatic heterocycles. The van der Waals surface area contributed by atoms with Crippen molar-refractivity contribution in [2.45, 2.75) is 52.2 Å².